The van der Waals surface area contributed by atoms with Gasteiger partial charge in [-0.2, -0.15) is 0 Å². The van der Waals surface area contributed by atoms with Gasteiger partial charge in [-0.25, -0.2) is 0 Å². The van der Waals surface area contributed by atoms with E-state index < -0.39 is 7.60 Å². The third kappa shape index (κ3) is 3.21. The summed E-state index contributed by atoms with van der Waals surface area (Å²) in [5.41, 5.74) is 0. The third-order valence-corrected chi connectivity index (χ3v) is 3.43. The number of hydrogen-bond acceptors (Lipinski definition) is 5. The Morgan fingerprint density at radius 2 is 1.71 bits per heavy atom. The van der Waals surface area contributed by atoms with E-state index in [1.807, 2.05) is 0 Å². The second-order valence-electron chi connectivity index (χ2n) is 2.56. The van der Waals surface area contributed by atoms with Gasteiger partial charge in [0.05, 0.1) is 13.2 Å². The molecule has 0 aromatic carbocycles. The average Bonchev–Trinajstić information content (AvgIpc) is 2.57. The van der Waals surface area contributed by atoms with Crippen molar-refractivity contribution in [1.29, 1.82) is 0 Å². The van der Waals surface area contributed by atoms with E-state index in [1.54, 1.807) is 18.4 Å². The molecule has 1 heterocycles. The first-order chi connectivity index (χ1) is 6.70. The van der Waals surface area contributed by atoms with Crippen LogP contribution < -0.4 is 0 Å². The SMILES string of the molecule is CCOP(=O)(Cn1cnnc1)OCC. The average molecular weight is 219 g/mol. The Morgan fingerprint density at radius 3 is 2.14 bits per heavy atom. The second kappa shape index (κ2) is 5.24. The maximum atomic E-state index is 12.0. The molecule has 14 heavy (non-hydrogen) atoms. The van der Waals surface area contributed by atoms with Crippen molar-refractivity contribution in [2.75, 3.05) is 13.2 Å². The normalized spacial score (nSPS) is 11.9. The lowest BCUT2D eigenvalue weighted by atomic mass is 10.9. The number of aromatic nitrogens is 3. The molecule has 0 atom stereocenters. The van der Waals surface area contributed by atoms with Crippen LogP contribution in [0.4, 0.5) is 0 Å². The Morgan fingerprint density at radius 1 is 1.21 bits per heavy atom. The summed E-state index contributed by atoms with van der Waals surface area (Å²) in [6.07, 6.45) is 3.11. The minimum absolute atomic E-state index is 0.154. The van der Waals surface area contributed by atoms with Crippen molar-refractivity contribution in [1.82, 2.24) is 14.8 Å². The summed E-state index contributed by atoms with van der Waals surface area (Å²) >= 11 is 0. The molecule has 1 rings (SSSR count). The van der Waals surface area contributed by atoms with Gasteiger partial charge in [0, 0.05) is 0 Å². The van der Waals surface area contributed by atoms with Gasteiger partial charge < -0.3 is 13.6 Å². The number of rotatable bonds is 6. The molecule has 80 valence electrons. The van der Waals surface area contributed by atoms with Crippen LogP contribution in [-0.2, 0) is 19.9 Å². The Labute approximate surface area is 82.8 Å². The zero-order valence-corrected chi connectivity index (χ0v) is 9.18. The molecule has 6 nitrogen and oxygen atoms in total. The van der Waals surface area contributed by atoms with Crippen LogP contribution in [0.5, 0.6) is 0 Å². The number of hydrogen-bond donors (Lipinski definition) is 0. The highest BCUT2D eigenvalue weighted by atomic mass is 31.2. The highest BCUT2D eigenvalue weighted by Crippen LogP contribution is 2.49. The van der Waals surface area contributed by atoms with Crippen LogP contribution in [0.25, 0.3) is 0 Å². The Bertz CT molecular complexity index is 291. The Balaban J connectivity index is 2.64. The summed E-state index contributed by atoms with van der Waals surface area (Å²) in [6, 6.07) is 0. The molecule has 0 aliphatic carbocycles. The van der Waals surface area contributed by atoms with Gasteiger partial charge in [-0.1, -0.05) is 0 Å². The number of nitrogens with zero attached hydrogens (tertiary/aromatic N) is 3. The predicted octanol–water partition coefficient (Wildman–Crippen LogP) is 1.50. The van der Waals surface area contributed by atoms with E-state index in [4.69, 9.17) is 9.05 Å². The minimum atomic E-state index is -3.03. The van der Waals surface area contributed by atoms with Crippen LogP contribution in [0.15, 0.2) is 12.7 Å². The van der Waals surface area contributed by atoms with Crippen LogP contribution >= 0.6 is 7.60 Å². The summed E-state index contributed by atoms with van der Waals surface area (Å²) in [6.45, 7) is 4.27. The van der Waals surface area contributed by atoms with Crippen molar-refractivity contribution in [2.24, 2.45) is 0 Å². The summed E-state index contributed by atoms with van der Waals surface area (Å²) in [4.78, 5) is 0. The van der Waals surface area contributed by atoms with Crippen molar-refractivity contribution in [3.05, 3.63) is 12.7 Å². The van der Waals surface area contributed by atoms with E-state index in [-0.39, 0.29) is 6.29 Å². The fourth-order valence-corrected chi connectivity index (χ4v) is 2.58. The summed E-state index contributed by atoms with van der Waals surface area (Å²) < 4.78 is 23.7. The molecule has 0 saturated heterocycles. The molecular weight excluding hydrogens is 205 g/mol. The minimum Gasteiger partial charge on any atom is -0.308 e. The van der Waals surface area contributed by atoms with Crippen LogP contribution in [-0.4, -0.2) is 28.0 Å². The fourth-order valence-electron chi connectivity index (χ4n) is 1.01. The summed E-state index contributed by atoms with van der Waals surface area (Å²) in [7, 11) is -3.03. The van der Waals surface area contributed by atoms with E-state index in [0.717, 1.165) is 0 Å². The highest BCUT2D eigenvalue weighted by Gasteiger charge is 2.23. The lowest BCUT2D eigenvalue weighted by Gasteiger charge is -2.16. The molecule has 0 aliphatic rings. The van der Waals surface area contributed by atoms with Gasteiger partial charge >= 0.3 is 7.60 Å². The van der Waals surface area contributed by atoms with Gasteiger partial charge in [0.1, 0.15) is 18.9 Å². The topological polar surface area (TPSA) is 66.2 Å². The van der Waals surface area contributed by atoms with Gasteiger partial charge in [0.25, 0.3) is 0 Å². The van der Waals surface area contributed by atoms with E-state index in [0.29, 0.717) is 13.2 Å². The molecular formula is C7H14N3O3P. The van der Waals surface area contributed by atoms with E-state index in [2.05, 4.69) is 10.2 Å². The molecule has 0 spiro atoms. The fraction of sp³-hybridized carbons (Fsp3) is 0.714. The molecule has 7 heteroatoms. The molecule has 0 unspecified atom stereocenters. The van der Waals surface area contributed by atoms with Gasteiger partial charge in [-0.3, -0.25) is 4.57 Å². The zero-order valence-electron chi connectivity index (χ0n) is 8.29. The highest BCUT2D eigenvalue weighted by molar-refractivity contribution is 7.52. The van der Waals surface area contributed by atoms with E-state index in [9.17, 15) is 4.57 Å². The Kier molecular flexibility index (Phi) is 4.25. The predicted molar refractivity (Wildman–Crippen MR) is 50.9 cm³/mol. The van der Waals surface area contributed by atoms with Gasteiger partial charge in [0.15, 0.2) is 0 Å². The zero-order chi connectivity index (χ0) is 10.4. The largest absolute Gasteiger partial charge is 0.350 e. The van der Waals surface area contributed by atoms with Crippen molar-refractivity contribution < 1.29 is 13.6 Å². The summed E-state index contributed by atoms with van der Waals surface area (Å²) in [5, 5.41) is 7.21. The van der Waals surface area contributed by atoms with Crippen LogP contribution in [0, 0.1) is 0 Å². The summed E-state index contributed by atoms with van der Waals surface area (Å²) in [5.74, 6) is 0. The molecule has 0 aliphatic heterocycles. The van der Waals surface area contributed by atoms with Crippen LogP contribution in [0.1, 0.15) is 13.8 Å². The lowest BCUT2D eigenvalue weighted by molar-refractivity contribution is 0.214. The van der Waals surface area contributed by atoms with Crippen LogP contribution in [0.3, 0.4) is 0 Å². The van der Waals surface area contributed by atoms with Crippen molar-refractivity contribution >= 4 is 7.60 Å². The van der Waals surface area contributed by atoms with Gasteiger partial charge in [0.2, 0.25) is 0 Å². The molecule has 0 saturated carbocycles. The molecule has 1 aromatic heterocycles. The standard InChI is InChI=1S/C7H14N3O3P/c1-3-12-14(11,13-4-2)7-10-5-8-9-6-10/h5-6H,3-4,7H2,1-2H3. The van der Waals surface area contributed by atoms with Crippen molar-refractivity contribution in [3.63, 3.8) is 0 Å². The molecule has 1 aromatic rings. The second-order valence-corrected chi connectivity index (χ2v) is 4.59. The maximum absolute atomic E-state index is 12.0. The van der Waals surface area contributed by atoms with E-state index >= 15 is 0 Å². The molecule has 0 amide bonds. The lowest BCUT2D eigenvalue weighted by Crippen LogP contribution is -2.03. The van der Waals surface area contributed by atoms with Crippen molar-refractivity contribution in [2.45, 2.75) is 20.1 Å². The quantitative estimate of drug-likeness (QED) is 0.678. The monoisotopic (exact) mass is 219 g/mol. The first-order valence-electron chi connectivity index (χ1n) is 4.40. The molecule has 0 radical (unpaired) electrons. The van der Waals surface area contributed by atoms with Gasteiger partial charge in [-0.15, -0.1) is 10.2 Å². The van der Waals surface area contributed by atoms with Crippen LogP contribution in [0.2, 0.25) is 0 Å². The Hall–Kier alpha value is -0.710. The maximum Gasteiger partial charge on any atom is 0.350 e. The van der Waals surface area contributed by atoms with Crippen molar-refractivity contribution in [3.8, 4) is 0 Å². The first kappa shape index (κ1) is 11.4. The molecule has 0 N–H and O–H groups in total. The first-order valence-corrected chi connectivity index (χ1v) is 6.13. The van der Waals surface area contributed by atoms with E-state index in [1.165, 1.54) is 12.7 Å². The van der Waals surface area contributed by atoms with Gasteiger partial charge in [-0.05, 0) is 13.8 Å². The third-order valence-electron chi connectivity index (χ3n) is 1.45. The smallest absolute Gasteiger partial charge is 0.308 e. The molecule has 0 bridgehead atoms. The molecule has 0 fully saturated rings.